The quantitative estimate of drug-likeness (QED) is 0.847. The van der Waals surface area contributed by atoms with Crippen LogP contribution in [0.15, 0.2) is 54.9 Å². The van der Waals surface area contributed by atoms with Gasteiger partial charge in [0.25, 0.3) is 0 Å². The van der Waals surface area contributed by atoms with Gasteiger partial charge in [-0.3, -0.25) is 9.78 Å². The van der Waals surface area contributed by atoms with Crippen LogP contribution in [0.4, 0.5) is 0 Å². The number of pyridine rings is 1. The van der Waals surface area contributed by atoms with E-state index < -0.39 is 11.6 Å². The van der Waals surface area contributed by atoms with Crippen molar-refractivity contribution in [2.24, 2.45) is 0 Å². The first-order valence-corrected chi connectivity index (χ1v) is 6.51. The molecule has 0 saturated heterocycles. The molecule has 1 aromatic heterocycles. The van der Waals surface area contributed by atoms with E-state index in [1.807, 2.05) is 18.2 Å². The minimum absolute atomic E-state index is 0.130. The predicted molar refractivity (Wildman–Crippen MR) is 74.9 cm³/mol. The van der Waals surface area contributed by atoms with Crippen LogP contribution in [0.25, 0.3) is 0 Å². The second kappa shape index (κ2) is 6.30. The van der Waals surface area contributed by atoms with Crippen molar-refractivity contribution in [1.82, 2.24) is 4.98 Å². The van der Waals surface area contributed by atoms with Crippen molar-refractivity contribution in [1.29, 1.82) is 0 Å². The van der Waals surface area contributed by atoms with Crippen LogP contribution in [-0.2, 0) is 15.1 Å². The smallest absolute Gasteiger partial charge is 0.309 e. The van der Waals surface area contributed by atoms with Gasteiger partial charge in [0.15, 0.2) is 0 Å². The fourth-order valence-corrected chi connectivity index (χ4v) is 2.13. The molecule has 1 aromatic carbocycles. The summed E-state index contributed by atoms with van der Waals surface area (Å²) in [6, 6.07) is 12.5. The Bertz CT molecular complexity index is 515. The van der Waals surface area contributed by atoms with Crippen molar-refractivity contribution in [3.8, 4) is 0 Å². The second-order valence-electron chi connectivity index (χ2n) is 4.44. The molecular weight excluding hydrogens is 254 g/mol. The van der Waals surface area contributed by atoms with Crippen LogP contribution < -0.4 is 0 Å². The van der Waals surface area contributed by atoms with Crippen LogP contribution >= 0.6 is 0 Å². The molecule has 1 atom stereocenters. The SMILES string of the molecule is CCOC(=O)C[C@](O)(c1ccccc1)c1ccncc1. The molecule has 1 N–H and O–H groups in total. The van der Waals surface area contributed by atoms with E-state index in [9.17, 15) is 9.90 Å². The Balaban J connectivity index is 2.41. The minimum Gasteiger partial charge on any atom is -0.466 e. The maximum absolute atomic E-state index is 11.8. The number of ether oxygens (including phenoxy) is 1. The van der Waals surface area contributed by atoms with Gasteiger partial charge in [0.1, 0.15) is 5.60 Å². The molecule has 0 saturated carbocycles. The van der Waals surface area contributed by atoms with Gasteiger partial charge in [-0.2, -0.15) is 0 Å². The lowest BCUT2D eigenvalue weighted by Gasteiger charge is -2.28. The highest BCUT2D eigenvalue weighted by atomic mass is 16.5. The average Bonchev–Trinajstić information content (AvgIpc) is 2.49. The van der Waals surface area contributed by atoms with Crippen molar-refractivity contribution in [2.75, 3.05) is 6.61 Å². The van der Waals surface area contributed by atoms with Gasteiger partial charge in [-0.15, -0.1) is 0 Å². The number of rotatable bonds is 5. The summed E-state index contributed by atoms with van der Waals surface area (Å²) in [6.07, 6.45) is 3.05. The Morgan fingerprint density at radius 2 is 1.75 bits per heavy atom. The van der Waals surface area contributed by atoms with Crippen molar-refractivity contribution >= 4 is 5.97 Å². The maximum atomic E-state index is 11.8. The first-order chi connectivity index (χ1) is 9.66. The number of carbonyl (C=O) groups is 1. The molecule has 0 amide bonds. The predicted octanol–water partition coefficient (Wildman–Crippen LogP) is 2.27. The summed E-state index contributed by atoms with van der Waals surface area (Å²) in [6.45, 7) is 2.03. The van der Waals surface area contributed by atoms with Crippen LogP contribution in [0.3, 0.4) is 0 Å². The average molecular weight is 271 g/mol. The number of hydrogen-bond acceptors (Lipinski definition) is 4. The lowest BCUT2D eigenvalue weighted by Crippen LogP contribution is -2.31. The van der Waals surface area contributed by atoms with Gasteiger partial charge in [-0.1, -0.05) is 30.3 Å². The number of carbonyl (C=O) groups excluding carboxylic acids is 1. The molecule has 0 bridgehead atoms. The highest BCUT2D eigenvalue weighted by molar-refractivity contribution is 5.72. The third-order valence-corrected chi connectivity index (χ3v) is 3.11. The molecule has 0 spiro atoms. The first kappa shape index (κ1) is 14.2. The molecule has 0 aliphatic heterocycles. The van der Waals surface area contributed by atoms with E-state index in [1.165, 1.54) is 0 Å². The monoisotopic (exact) mass is 271 g/mol. The van der Waals surface area contributed by atoms with Gasteiger partial charge < -0.3 is 9.84 Å². The van der Waals surface area contributed by atoms with Gasteiger partial charge >= 0.3 is 5.97 Å². The van der Waals surface area contributed by atoms with Crippen molar-refractivity contribution in [3.63, 3.8) is 0 Å². The number of esters is 1. The Kier molecular flexibility index (Phi) is 4.48. The molecule has 104 valence electrons. The summed E-state index contributed by atoms with van der Waals surface area (Å²) in [5.41, 5.74) is -0.137. The lowest BCUT2D eigenvalue weighted by atomic mass is 9.84. The molecule has 4 heteroatoms. The molecule has 20 heavy (non-hydrogen) atoms. The van der Waals surface area contributed by atoms with Crippen LogP contribution in [0.1, 0.15) is 24.5 Å². The third kappa shape index (κ3) is 3.03. The standard InChI is InChI=1S/C16H17NO3/c1-2-20-15(18)12-16(19,13-6-4-3-5-7-13)14-8-10-17-11-9-14/h3-11,19H,2,12H2,1H3/t16-/m0/s1. The van der Waals surface area contributed by atoms with Crippen molar-refractivity contribution in [3.05, 3.63) is 66.0 Å². The normalized spacial score (nSPS) is 13.5. The summed E-state index contributed by atoms with van der Waals surface area (Å²) in [7, 11) is 0. The zero-order valence-corrected chi connectivity index (χ0v) is 11.3. The zero-order valence-electron chi connectivity index (χ0n) is 11.3. The Morgan fingerprint density at radius 1 is 1.15 bits per heavy atom. The zero-order chi connectivity index (χ0) is 14.4. The topological polar surface area (TPSA) is 59.4 Å². The Labute approximate surface area is 118 Å². The highest BCUT2D eigenvalue weighted by Gasteiger charge is 2.34. The molecule has 2 aromatic rings. The molecule has 0 aliphatic rings. The van der Waals surface area contributed by atoms with E-state index in [0.29, 0.717) is 17.7 Å². The molecule has 2 rings (SSSR count). The summed E-state index contributed by atoms with van der Waals surface area (Å²) in [5.74, 6) is -0.435. The second-order valence-corrected chi connectivity index (χ2v) is 4.44. The van der Waals surface area contributed by atoms with Gasteiger partial charge in [0, 0.05) is 12.4 Å². The number of aromatic nitrogens is 1. The molecule has 4 nitrogen and oxygen atoms in total. The summed E-state index contributed by atoms with van der Waals surface area (Å²) in [5, 5.41) is 11.0. The van der Waals surface area contributed by atoms with E-state index in [2.05, 4.69) is 4.98 Å². The van der Waals surface area contributed by atoms with Gasteiger partial charge in [-0.25, -0.2) is 0 Å². The lowest BCUT2D eigenvalue weighted by molar-refractivity contribution is -0.147. The Hall–Kier alpha value is -2.20. The van der Waals surface area contributed by atoms with E-state index in [1.54, 1.807) is 43.6 Å². The molecule has 0 radical (unpaired) electrons. The third-order valence-electron chi connectivity index (χ3n) is 3.11. The number of benzene rings is 1. The summed E-state index contributed by atoms with van der Waals surface area (Å²) < 4.78 is 4.97. The number of aliphatic hydroxyl groups is 1. The molecule has 0 aliphatic carbocycles. The van der Waals surface area contributed by atoms with E-state index in [4.69, 9.17) is 4.74 Å². The minimum atomic E-state index is -1.41. The van der Waals surface area contributed by atoms with Crippen molar-refractivity contribution in [2.45, 2.75) is 18.9 Å². The molecule has 0 fully saturated rings. The van der Waals surface area contributed by atoms with Crippen LogP contribution in [-0.4, -0.2) is 22.7 Å². The highest BCUT2D eigenvalue weighted by Crippen LogP contribution is 2.32. The summed E-state index contributed by atoms with van der Waals surface area (Å²) in [4.78, 5) is 15.7. The van der Waals surface area contributed by atoms with Crippen molar-refractivity contribution < 1.29 is 14.6 Å². The van der Waals surface area contributed by atoms with E-state index in [-0.39, 0.29) is 6.42 Å². The molecule has 0 unspecified atom stereocenters. The van der Waals surface area contributed by atoms with Gasteiger partial charge in [0.2, 0.25) is 0 Å². The van der Waals surface area contributed by atoms with Gasteiger partial charge in [-0.05, 0) is 30.2 Å². The first-order valence-electron chi connectivity index (χ1n) is 6.51. The molecule has 1 heterocycles. The van der Waals surface area contributed by atoms with Crippen LogP contribution in [0, 0.1) is 0 Å². The van der Waals surface area contributed by atoms with Gasteiger partial charge in [0.05, 0.1) is 13.0 Å². The maximum Gasteiger partial charge on any atom is 0.309 e. The largest absolute Gasteiger partial charge is 0.466 e. The Morgan fingerprint density at radius 3 is 2.35 bits per heavy atom. The fourth-order valence-electron chi connectivity index (χ4n) is 2.13. The van der Waals surface area contributed by atoms with Crippen LogP contribution in [0.5, 0.6) is 0 Å². The molecular formula is C16H17NO3. The van der Waals surface area contributed by atoms with Crippen LogP contribution in [0.2, 0.25) is 0 Å². The fraction of sp³-hybridized carbons (Fsp3) is 0.250. The number of nitrogens with zero attached hydrogens (tertiary/aromatic N) is 1. The van der Waals surface area contributed by atoms with E-state index >= 15 is 0 Å². The number of hydrogen-bond donors (Lipinski definition) is 1. The summed E-state index contributed by atoms with van der Waals surface area (Å²) >= 11 is 0. The van der Waals surface area contributed by atoms with E-state index in [0.717, 1.165) is 0 Å².